The number of halogens is 1. The monoisotopic (exact) mass is 531 g/mol. The second kappa shape index (κ2) is 12.3. The van der Waals surface area contributed by atoms with Crippen LogP contribution in [0.3, 0.4) is 0 Å². The fourth-order valence-electron chi connectivity index (χ4n) is 4.46. The van der Waals surface area contributed by atoms with E-state index in [2.05, 4.69) is 5.32 Å². The zero-order valence-corrected chi connectivity index (χ0v) is 22.3. The van der Waals surface area contributed by atoms with Gasteiger partial charge in [-0.25, -0.2) is 12.8 Å². The van der Waals surface area contributed by atoms with Gasteiger partial charge in [0, 0.05) is 23.7 Å². The molecule has 0 aromatic heterocycles. The average Bonchev–Trinajstić information content (AvgIpc) is 2.86. The fourth-order valence-corrected chi connectivity index (χ4v) is 5.30. The summed E-state index contributed by atoms with van der Waals surface area (Å²) in [4.78, 5) is 39.8. The number of hydrogen-bond donors (Lipinski definition) is 1. The number of nitrogens with zero attached hydrogens (tertiary/aromatic N) is 2. The van der Waals surface area contributed by atoms with Crippen molar-refractivity contribution in [3.05, 3.63) is 65.5 Å². The topological polar surface area (TPSA) is 104 Å². The highest BCUT2D eigenvalue weighted by Gasteiger charge is 2.31. The number of ketones is 1. The lowest BCUT2D eigenvalue weighted by Crippen LogP contribution is -2.53. The van der Waals surface area contributed by atoms with E-state index in [1.807, 2.05) is 0 Å². The van der Waals surface area contributed by atoms with Gasteiger partial charge in [-0.15, -0.1) is 0 Å². The molecule has 37 heavy (non-hydrogen) atoms. The Bertz CT molecular complexity index is 1240. The van der Waals surface area contributed by atoms with Crippen LogP contribution in [0.15, 0.2) is 48.5 Å². The van der Waals surface area contributed by atoms with Crippen LogP contribution >= 0.6 is 0 Å². The maximum absolute atomic E-state index is 14.5. The molecule has 1 fully saturated rings. The number of hydrogen-bond acceptors (Lipinski definition) is 5. The van der Waals surface area contributed by atoms with Crippen LogP contribution in [0.2, 0.25) is 0 Å². The smallest absolute Gasteiger partial charge is 0.244 e. The molecule has 0 radical (unpaired) electrons. The van der Waals surface area contributed by atoms with Gasteiger partial charge in [-0.1, -0.05) is 49.6 Å². The minimum Gasteiger partial charge on any atom is -0.352 e. The van der Waals surface area contributed by atoms with Gasteiger partial charge >= 0.3 is 0 Å². The van der Waals surface area contributed by atoms with Gasteiger partial charge in [0.1, 0.15) is 18.4 Å². The number of rotatable bonds is 10. The summed E-state index contributed by atoms with van der Waals surface area (Å²) in [6, 6.07) is 10.9. The van der Waals surface area contributed by atoms with Crippen LogP contribution in [0.1, 0.15) is 61.9 Å². The summed E-state index contributed by atoms with van der Waals surface area (Å²) in [6.45, 7) is 2.08. The van der Waals surface area contributed by atoms with Gasteiger partial charge in [0.25, 0.3) is 0 Å². The van der Waals surface area contributed by atoms with Crippen molar-refractivity contribution in [2.75, 3.05) is 17.1 Å². The summed E-state index contributed by atoms with van der Waals surface area (Å²) in [5.74, 6) is -1.83. The van der Waals surface area contributed by atoms with Gasteiger partial charge in [0.2, 0.25) is 21.8 Å². The standard InChI is InChI=1S/C27H34FN3O5S/c1-19(27(34)29-23-12-5-4-6-13-23)30(17-22-10-7-8-15-25(22)28)26(33)18-31(37(3,35)36)24-14-9-11-21(16-24)20(2)32/h7-11,14-16,19,23H,4-6,12-13,17-18H2,1-3H3,(H,29,34)/t19-/m0/s1. The molecule has 0 spiro atoms. The van der Waals surface area contributed by atoms with E-state index in [0.29, 0.717) is 5.56 Å². The minimum absolute atomic E-state index is 0.0101. The van der Waals surface area contributed by atoms with Crippen molar-refractivity contribution in [2.24, 2.45) is 0 Å². The van der Waals surface area contributed by atoms with Gasteiger partial charge in [-0.05, 0) is 44.9 Å². The number of carbonyl (C=O) groups excluding carboxylic acids is 3. The first kappa shape index (κ1) is 28.3. The number of nitrogens with one attached hydrogen (secondary N) is 1. The van der Waals surface area contributed by atoms with Gasteiger partial charge < -0.3 is 10.2 Å². The number of anilines is 1. The highest BCUT2D eigenvalue weighted by atomic mass is 32.2. The molecule has 0 heterocycles. The van der Waals surface area contributed by atoms with Gasteiger partial charge in [0.05, 0.1) is 11.9 Å². The molecule has 2 aromatic carbocycles. The van der Waals surface area contributed by atoms with Crippen molar-refractivity contribution in [3.8, 4) is 0 Å². The molecule has 0 aliphatic heterocycles. The van der Waals surface area contributed by atoms with E-state index in [0.717, 1.165) is 42.7 Å². The first-order valence-electron chi connectivity index (χ1n) is 12.4. The molecule has 8 nitrogen and oxygen atoms in total. The molecule has 0 saturated heterocycles. The zero-order chi connectivity index (χ0) is 27.2. The lowest BCUT2D eigenvalue weighted by Gasteiger charge is -2.33. The molecule has 0 bridgehead atoms. The van der Waals surface area contributed by atoms with Crippen molar-refractivity contribution < 1.29 is 27.2 Å². The van der Waals surface area contributed by atoms with E-state index in [-0.39, 0.29) is 35.5 Å². The predicted molar refractivity (Wildman–Crippen MR) is 140 cm³/mol. The Labute approximate surface area is 217 Å². The highest BCUT2D eigenvalue weighted by molar-refractivity contribution is 7.92. The van der Waals surface area contributed by atoms with E-state index in [1.165, 1.54) is 48.2 Å². The molecule has 1 N–H and O–H groups in total. The molecule has 1 atom stereocenters. The summed E-state index contributed by atoms with van der Waals surface area (Å²) in [7, 11) is -3.94. The van der Waals surface area contributed by atoms with E-state index >= 15 is 0 Å². The highest BCUT2D eigenvalue weighted by Crippen LogP contribution is 2.22. The Kier molecular flexibility index (Phi) is 9.42. The van der Waals surface area contributed by atoms with Gasteiger partial charge in [-0.2, -0.15) is 0 Å². The maximum atomic E-state index is 14.5. The fraction of sp³-hybridized carbons (Fsp3) is 0.444. The third kappa shape index (κ3) is 7.61. The van der Waals surface area contributed by atoms with Gasteiger partial charge in [-0.3, -0.25) is 18.7 Å². The van der Waals surface area contributed by atoms with E-state index in [1.54, 1.807) is 19.1 Å². The second-order valence-corrected chi connectivity index (χ2v) is 11.4. The Morgan fingerprint density at radius 2 is 1.73 bits per heavy atom. The van der Waals surface area contributed by atoms with Crippen molar-refractivity contribution in [1.29, 1.82) is 0 Å². The summed E-state index contributed by atoms with van der Waals surface area (Å²) in [5, 5.41) is 2.99. The number of benzene rings is 2. The van der Waals surface area contributed by atoms with E-state index < -0.39 is 34.3 Å². The normalized spacial score (nSPS) is 15.0. The predicted octanol–water partition coefficient (Wildman–Crippen LogP) is 3.66. The van der Waals surface area contributed by atoms with E-state index in [4.69, 9.17) is 0 Å². The van der Waals surface area contributed by atoms with Crippen LogP contribution in [0.4, 0.5) is 10.1 Å². The summed E-state index contributed by atoms with van der Waals surface area (Å²) >= 11 is 0. The minimum atomic E-state index is -3.94. The molecular formula is C27H34FN3O5S. The Balaban J connectivity index is 1.91. The first-order valence-corrected chi connectivity index (χ1v) is 14.2. The molecule has 2 amide bonds. The zero-order valence-electron chi connectivity index (χ0n) is 21.4. The molecule has 2 aromatic rings. The lowest BCUT2D eigenvalue weighted by atomic mass is 9.95. The van der Waals surface area contributed by atoms with Crippen molar-refractivity contribution in [2.45, 2.75) is 64.6 Å². The molecule has 1 saturated carbocycles. The molecule has 200 valence electrons. The lowest BCUT2D eigenvalue weighted by molar-refractivity contribution is -0.139. The molecule has 3 rings (SSSR count). The van der Waals surface area contributed by atoms with Crippen LogP contribution in [-0.4, -0.2) is 55.8 Å². The largest absolute Gasteiger partial charge is 0.352 e. The number of amides is 2. The van der Waals surface area contributed by atoms with Crippen LogP contribution in [0, 0.1) is 5.82 Å². The van der Waals surface area contributed by atoms with Crippen molar-refractivity contribution in [1.82, 2.24) is 10.2 Å². The quantitative estimate of drug-likeness (QED) is 0.472. The van der Waals surface area contributed by atoms with E-state index in [9.17, 15) is 27.2 Å². The average molecular weight is 532 g/mol. The molecule has 0 unspecified atom stereocenters. The van der Waals surface area contributed by atoms with Crippen LogP contribution < -0.4 is 9.62 Å². The summed E-state index contributed by atoms with van der Waals surface area (Å²) < 4.78 is 40.8. The Hall–Kier alpha value is -3.27. The molecule has 1 aliphatic rings. The summed E-state index contributed by atoms with van der Waals surface area (Å²) in [6.07, 6.45) is 5.81. The maximum Gasteiger partial charge on any atom is 0.244 e. The van der Waals surface area contributed by atoms with Crippen molar-refractivity contribution >= 4 is 33.3 Å². The van der Waals surface area contributed by atoms with Crippen molar-refractivity contribution in [3.63, 3.8) is 0 Å². The third-order valence-corrected chi connectivity index (χ3v) is 7.78. The molecule has 1 aliphatic carbocycles. The first-order chi connectivity index (χ1) is 17.5. The van der Waals surface area contributed by atoms with Crippen LogP contribution in [-0.2, 0) is 26.2 Å². The second-order valence-electron chi connectivity index (χ2n) is 9.51. The Morgan fingerprint density at radius 3 is 2.35 bits per heavy atom. The molecule has 10 heteroatoms. The molecular weight excluding hydrogens is 497 g/mol. The number of Topliss-reactive ketones (excluding diaryl/α,β-unsaturated/α-hetero) is 1. The number of carbonyl (C=O) groups is 3. The number of sulfonamides is 1. The third-order valence-electron chi connectivity index (χ3n) is 6.64. The summed E-state index contributed by atoms with van der Waals surface area (Å²) in [5.41, 5.74) is 0.647. The van der Waals surface area contributed by atoms with Gasteiger partial charge in [0.15, 0.2) is 5.78 Å². The SMILES string of the molecule is CC(=O)c1cccc(N(CC(=O)N(Cc2ccccc2F)[C@@H](C)C(=O)NC2CCCCC2)S(C)(=O)=O)c1. The van der Waals surface area contributed by atoms with Crippen LogP contribution in [0.25, 0.3) is 0 Å². The van der Waals surface area contributed by atoms with Crippen LogP contribution in [0.5, 0.6) is 0 Å². The Morgan fingerprint density at radius 1 is 1.05 bits per heavy atom.